The monoisotopic (exact) mass is 292 g/mol. The lowest BCUT2D eigenvalue weighted by Gasteiger charge is -2.06. The summed E-state index contributed by atoms with van der Waals surface area (Å²) in [4.78, 5) is 10.4. The molecule has 0 heterocycles. The predicted molar refractivity (Wildman–Crippen MR) is 77.4 cm³/mol. The number of benzene rings is 2. The molecule has 2 rings (SSSR count). The van der Waals surface area contributed by atoms with Crippen molar-refractivity contribution < 1.29 is 14.3 Å². The van der Waals surface area contributed by atoms with Crippen molar-refractivity contribution in [3.8, 4) is 11.1 Å². The third-order valence-corrected chi connectivity index (χ3v) is 3.28. The van der Waals surface area contributed by atoms with Crippen LogP contribution in [-0.4, -0.2) is 11.1 Å². The Morgan fingerprint density at radius 3 is 2.50 bits per heavy atom. The average Bonchev–Trinajstić information content (AvgIpc) is 2.42. The van der Waals surface area contributed by atoms with E-state index < -0.39 is 5.97 Å². The van der Waals surface area contributed by atoms with E-state index in [-0.39, 0.29) is 12.2 Å². The number of hydrogen-bond donors (Lipinski definition) is 1. The van der Waals surface area contributed by atoms with Crippen molar-refractivity contribution in [1.82, 2.24) is 0 Å². The summed E-state index contributed by atoms with van der Waals surface area (Å²) < 4.78 is 13.7. The lowest BCUT2D eigenvalue weighted by molar-refractivity contribution is -0.137. The quantitative estimate of drug-likeness (QED) is 0.877. The van der Waals surface area contributed by atoms with Gasteiger partial charge in [-0.1, -0.05) is 35.9 Å². The Morgan fingerprint density at radius 2 is 1.85 bits per heavy atom. The minimum Gasteiger partial charge on any atom is -0.481 e. The van der Waals surface area contributed by atoms with Crippen molar-refractivity contribution in [3.05, 3.63) is 58.9 Å². The summed E-state index contributed by atoms with van der Waals surface area (Å²) in [6.07, 6.45) is 1.45. The summed E-state index contributed by atoms with van der Waals surface area (Å²) >= 11 is 5.87. The number of rotatable bonds is 5. The third kappa shape index (κ3) is 3.81. The van der Waals surface area contributed by atoms with Gasteiger partial charge in [-0.3, -0.25) is 4.79 Å². The molecule has 0 aliphatic rings. The van der Waals surface area contributed by atoms with Crippen LogP contribution >= 0.6 is 11.6 Å². The lowest BCUT2D eigenvalue weighted by Crippen LogP contribution is -1.95. The maximum atomic E-state index is 13.7. The van der Waals surface area contributed by atoms with E-state index >= 15 is 0 Å². The summed E-state index contributed by atoms with van der Waals surface area (Å²) in [5, 5.41) is 9.08. The van der Waals surface area contributed by atoms with Crippen molar-refractivity contribution in [1.29, 1.82) is 0 Å². The number of aliphatic carboxylic acids is 1. The van der Waals surface area contributed by atoms with Crippen molar-refractivity contribution in [2.24, 2.45) is 0 Å². The molecule has 0 amide bonds. The first-order valence-electron chi connectivity index (χ1n) is 6.32. The minimum absolute atomic E-state index is 0.157. The van der Waals surface area contributed by atoms with Crippen LogP contribution in [0.25, 0.3) is 11.1 Å². The van der Waals surface area contributed by atoms with Gasteiger partial charge in [0.25, 0.3) is 0 Å². The molecule has 0 saturated heterocycles. The molecule has 104 valence electrons. The van der Waals surface area contributed by atoms with Gasteiger partial charge in [0.05, 0.1) is 0 Å². The maximum absolute atomic E-state index is 13.7. The van der Waals surface area contributed by atoms with Crippen LogP contribution in [0.15, 0.2) is 42.5 Å². The minimum atomic E-state index is -0.789. The van der Waals surface area contributed by atoms with Gasteiger partial charge in [0.15, 0.2) is 0 Å². The Morgan fingerprint density at radius 1 is 1.15 bits per heavy atom. The first-order chi connectivity index (χ1) is 9.56. The number of carboxylic acids is 1. The molecule has 0 unspecified atom stereocenters. The third-order valence-electron chi connectivity index (χ3n) is 3.05. The van der Waals surface area contributed by atoms with Gasteiger partial charge in [0.1, 0.15) is 5.82 Å². The molecule has 0 atom stereocenters. The van der Waals surface area contributed by atoms with Gasteiger partial charge in [-0.2, -0.15) is 0 Å². The number of halogens is 2. The Bertz CT molecular complexity index is 608. The second-order valence-corrected chi connectivity index (χ2v) is 5.00. The largest absolute Gasteiger partial charge is 0.481 e. The Labute approximate surface area is 121 Å². The molecule has 4 heteroatoms. The first-order valence-corrected chi connectivity index (χ1v) is 6.70. The summed E-state index contributed by atoms with van der Waals surface area (Å²) in [6.45, 7) is 0. The summed E-state index contributed by atoms with van der Waals surface area (Å²) in [7, 11) is 0. The fraction of sp³-hybridized carbons (Fsp3) is 0.188. The number of carbonyl (C=O) groups is 1. The standard InChI is InChI=1S/C16H14ClFO2/c17-13-8-9-15(18)14(10-13)12-6-4-11(5-7-12)2-1-3-16(19)20/h4-10H,1-3H2,(H,19,20). The molecule has 0 saturated carbocycles. The van der Waals surface area contributed by atoms with Crippen LogP contribution in [0.3, 0.4) is 0 Å². The molecule has 0 aliphatic carbocycles. The number of carboxylic acid groups (broad SMARTS) is 1. The van der Waals surface area contributed by atoms with Crippen LogP contribution in [0, 0.1) is 5.82 Å². The fourth-order valence-corrected chi connectivity index (χ4v) is 2.19. The van der Waals surface area contributed by atoms with Crippen LogP contribution in [0.2, 0.25) is 5.02 Å². The van der Waals surface area contributed by atoms with Gasteiger partial charge in [0.2, 0.25) is 0 Å². The molecule has 2 nitrogen and oxygen atoms in total. The molecule has 20 heavy (non-hydrogen) atoms. The SMILES string of the molecule is O=C(O)CCCc1ccc(-c2cc(Cl)ccc2F)cc1. The Balaban J connectivity index is 2.11. The Hall–Kier alpha value is -1.87. The van der Waals surface area contributed by atoms with Gasteiger partial charge in [0, 0.05) is 17.0 Å². The topological polar surface area (TPSA) is 37.3 Å². The highest BCUT2D eigenvalue weighted by atomic mass is 35.5. The normalized spacial score (nSPS) is 10.5. The first kappa shape index (κ1) is 14.5. The molecule has 0 aliphatic heterocycles. The molecule has 2 aromatic rings. The highest BCUT2D eigenvalue weighted by Gasteiger charge is 2.06. The zero-order valence-corrected chi connectivity index (χ0v) is 11.5. The molecule has 0 aromatic heterocycles. The van der Waals surface area contributed by atoms with Crippen LogP contribution in [0.1, 0.15) is 18.4 Å². The molecule has 2 aromatic carbocycles. The van der Waals surface area contributed by atoms with Crippen molar-refractivity contribution in [3.63, 3.8) is 0 Å². The summed E-state index contributed by atoms with van der Waals surface area (Å²) in [5.41, 5.74) is 2.26. The molecule has 0 bridgehead atoms. The highest BCUT2D eigenvalue weighted by Crippen LogP contribution is 2.26. The molecule has 1 N–H and O–H groups in total. The summed E-state index contributed by atoms with van der Waals surface area (Å²) in [6, 6.07) is 11.9. The van der Waals surface area contributed by atoms with Crippen molar-refractivity contribution in [2.75, 3.05) is 0 Å². The zero-order valence-electron chi connectivity index (χ0n) is 10.8. The van der Waals surface area contributed by atoms with E-state index in [4.69, 9.17) is 16.7 Å². The molecule has 0 fully saturated rings. The maximum Gasteiger partial charge on any atom is 0.303 e. The van der Waals surface area contributed by atoms with Crippen molar-refractivity contribution >= 4 is 17.6 Å². The van der Waals surface area contributed by atoms with Crippen molar-refractivity contribution in [2.45, 2.75) is 19.3 Å². The van der Waals surface area contributed by atoms with Crippen LogP contribution in [0.5, 0.6) is 0 Å². The highest BCUT2D eigenvalue weighted by molar-refractivity contribution is 6.30. The van der Waals surface area contributed by atoms with E-state index in [1.807, 2.05) is 24.3 Å². The summed E-state index contributed by atoms with van der Waals surface area (Å²) in [5.74, 6) is -1.10. The Kier molecular flexibility index (Phi) is 4.74. The smallest absolute Gasteiger partial charge is 0.303 e. The van der Waals surface area contributed by atoms with Crippen LogP contribution < -0.4 is 0 Å². The second-order valence-electron chi connectivity index (χ2n) is 4.57. The molecular formula is C16H14ClFO2. The van der Waals surface area contributed by atoms with E-state index in [9.17, 15) is 9.18 Å². The van der Waals surface area contributed by atoms with Gasteiger partial charge in [-0.15, -0.1) is 0 Å². The lowest BCUT2D eigenvalue weighted by atomic mass is 10.0. The zero-order chi connectivity index (χ0) is 14.5. The fourth-order valence-electron chi connectivity index (χ4n) is 2.01. The number of aryl methyl sites for hydroxylation is 1. The molecular weight excluding hydrogens is 279 g/mol. The number of hydrogen-bond acceptors (Lipinski definition) is 1. The second kappa shape index (κ2) is 6.53. The average molecular weight is 293 g/mol. The van der Waals surface area contributed by atoms with Crippen LogP contribution in [0.4, 0.5) is 4.39 Å². The van der Waals surface area contributed by atoms with E-state index in [2.05, 4.69) is 0 Å². The van der Waals surface area contributed by atoms with Gasteiger partial charge >= 0.3 is 5.97 Å². The predicted octanol–water partition coefficient (Wildman–Crippen LogP) is 4.55. The van der Waals surface area contributed by atoms with Gasteiger partial charge in [-0.05, 0) is 42.2 Å². The van der Waals surface area contributed by atoms with E-state index in [0.29, 0.717) is 23.4 Å². The van der Waals surface area contributed by atoms with Gasteiger partial charge in [-0.25, -0.2) is 4.39 Å². The van der Waals surface area contributed by atoms with E-state index in [1.165, 1.54) is 12.1 Å². The van der Waals surface area contributed by atoms with E-state index in [0.717, 1.165) is 11.1 Å². The van der Waals surface area contributed by atoms with Crippen LogP contribution in [-0.2, 0) is 11.2 Å². The van der Waals surface area contributed by atoms with E-state index in [1.54, 1.807) is 6.07 Å². The molecule has 0 radical (unpaired) electrons. The molecule has 0 spiro atoms. The van der Waals surface area contributed by atoms with Gasteiger partial charge < -0.3 is 5.11 Å².